The molecule has 0 aromatic rings. The Morgan fingerprint density at radius 1 is 0.527 bits per heavy atom. The highest BCUT2D eigenvalue weighted by molar-refractivity contribution is 5.76. The molecule has 0 spiro atoms. The third-order valence-electron chi connectivity index (χ3n) is 10.7. The van der Waals surface area contributed by atoms with Crippen molar-refractivity contribution in [1.82, 2.24) is 4.90 Å². The van der Waals surface area contributed by atoms with Gasteiger partial charge in [-0.05, 0) is 117 Å². The standard InChI is InChI=1S/C48H83NO6/c1-5-7-9-11-13-15-17-19-21-23-25-27-29-31-33-35-45(50)53-41-44(43-55-47(52)48(3)37-39-49(4)40-38-48)42-54-46(51)36-34-32-30-28-26-24-22-20-18-16-14-12-10-8-6-2/h13-16,19-22,44H,5-12,17-18,23-43H2,1-4H3/b15-13-,16-14-,21-19-,22-20-. The lowest BCUT2D eigenvalue weighted by atomic mass is 9.80. The summed E-state index contributed by atoms with van der Waals surface area (Å²) in [5.74, 6) is -1.11. The summed E-state index contributed by atoms with van der Waals surface area (Å²) in [7, 11) is 2.06. The van der Waals surface area contributed by atoms with Crippen molar-refractivity contribution in [3.63, 3.8) is 0 Å². The third-order valence-corrected chi connectivity index (χ3v) is 10.7. The lowest BCUT2D eigenvalue weighted by Crippen LogP contribution is -2.42. The van der Waals surface area contributed by atoms with Gasteiger partial charge in [-0.2, -0.15) is 0 Å². The van der Waals surface area contributed by atoms with Gasteiger partial charge in [-0.25, -0.2) is 0 Å². The van der Waals surface area contributed by atoms with Crippen molar-refractivity contribution in [3.05, 3.63) is 48.6 Å². The number of hydrogen-bond acceptors (Lipinski definition) is 7. The van der Waals surface area contributed by atoms with Crippen molar-refractivity contribution in [2.45, 2.75) is 188 Å². The molecule has 55 heavy (non-hydrogen) atoms. The van der Waals surface area contributed by atoms with Gasteiger partial charge in [0.25, 0.3) is 0 Å². The Bertz CT molecular complexity index is 1010. The Kier molecular flexibility index (Phi) is 32.7. The molecule has 1 saturated heterocycles. The van der Waals surface area contributed by atoms with Crippen molar-refractivity contribution in [1.29, 1.82) is 0 Å². The number of likely N-dealkylation sites (tertiary alicyclic amines) is 1. The number of carbonyl (C=O) groups is 3. The molecule has 0 saturated carbocycles. The summed E-state index contributed by atoms with van der Waals surface area (Å²) >= 11 is 0. The van der Waals surface area contributed by atoms with Crippen LogP contribution >= 0.6 is 0 Å². The Morgan fingerprint density at radius 3 is 1.31 bits per heavy atom. The van der Waals surface area contributed by atoms with Crippen molar-refractivity contribution >= 4 is 17.9 Å². The van der Waals surface area contributed by atoms with Crippen LogP contribution in [0.15, 0.2) is 48.6 Å². The molecule has 0 N–H and O–H groups in total. The normalized spacial score (nSPS) is 14.9. The highest BCUT2D eigenvalue weighted by Gasteiger charge is 2.38. The van der Waals surface area contributed by atoms with Gasteiger partial charge in [-0.15, -0.1) is 0 Å². The van der Waals surface area contributed by atoms with E-state index in [4.69, 9.17) is 14.2 Å². The minimum Gasteiger partial charge on any atom is -0.465 e. The van der Waals surface area contributed by atoms with Crippen molar-refractivity contribution in [2.75, 3.05) is 40.0 Å². The van der Waals surface area contributed by atoms with Gasteiger partial charge in [-0.3, -0.25) is 14.4 Å². The summed E-state index contributed by atoms with van der Waals surface area (Å²) in [6.45, 7) is 8.36. The van der Waals surface area contributed by atoms with E-state index in [1.165, 1.54) is 64.2 Å². The lowest BCUT2D eigenvalue weighted by Gasteiger charge is -2.36. The van der Waals surface area contributed by atoms with E-state index in [-0.39, 0.29) is 43.6 Å². The topological polar surface area (TPSA) is 82.1 Å². The summed E-state index contributed by atoms with van der Waals surface area (Å²) in [5, 5.41) is 0. The van der Waals surface area contributed by atoms with Crippen LogP contribution in [-0.2, 0) is 28.6 Å². The average Bonchev–Trinajstić information content (AvgIpc) is 3.18. The number of esters is 3. The van der Waals surface area contributed by atoms with Gasteiger partial charge in [0, 0.05) is 12.8 Å². The molecule has 1 aliphatic rings. The minimum absolute atomic E-state index is 0.0677. The molecule has 0 amide bonds. The number of nitrogens with zero attached hydrogens (tertiary/aromatic N) is 1. The smallest absolute Gasteiger partial charge is 0.311 e. The fraction of sp³-hybridized carbons (Fsp3) is 0.771. The number of rotatable bonds is 35. The first-order valence-corrected chi connectivity index (χ1v) is 22.6. The van der Waals surface area contributed by atoms with Crippen LogP contribution in [0.3, 0.4) is 0 Å². The summed E-state index contributed by atoms with van der Waals surface area (Å²) in [6, 6.07) is 0. The Morgan fingerprint density at radius 2 is 0.891 bits per heavy atom. The van der Waals surface area contributed by atoms with Gasteiger partial charge >= 0.3 is 17.9 Å². The predicted molar refractivity (Wildman–Crippen MR) is 230 cm³/mol. The zero-order chi connectivity index (χ0) is 40.1. The molecule has 7 nitrogen and oxygen atoms in total. The molecule has 316 valence electrons. The molecule has 0 aromatic heterocycles. The van der Waals surface area contributed by atoms with E-state index in [1.807, 2.05) is 6.92 Å². The van der Waals surface area contributed by atoms with Crippen LogP contribution in [0.2, 0.25) is 0 Å². The summed E-state index contributed by atoms with van der Waals surface area (Å²) in [4.78, 5) is 40.5. The Labute approximate surface area is 338 Å². The maximum absolute atomic E-state index is 13.1. The van der Waals surface area contributed by atoms with Crippen LogP contribution in [0.5, 0.6) is 0 Å². The highest BCUT2D eigenvalue weighted by atomic mass is 16.6. The van der Waals surface area contributed by atoms with E-state index < -0.39 is 5.41 Å². The second-order valence-corrected chi connectivity index (χ2v) is 16.2. The predicted octanol–water partition coefficient (Wildman–Crippen LogP) is 12.6. The van der Waals surface area contributed by atoms with Crippen LogP contribution in [0.1, 0.15) is 188 Å². The van der Waals surface area contributed by atoms with Crippen LogP contribution in [0, 0.1) is 11.3 Å². The van der Waals surface area contributed by atoms with E-state index in [1.54, 1.807) is 0 Å². The number of allylic oxidation sites excluding steroid dienone is 8. The number of piperidine rings is 1. The van der Waals surface area contributed by atoms with Gasteiger partial charge in [0.05, 0.1) is 11.3 Å². The average molecular weight is 770 g/mol. The summed E-state index contributed by atoms with van der Waals surface area (Å²) < 4.78 is 17.0. The molecule has 0 bridgehead atoms. The molecule has 0 atom stereocenters. The van der Waals surface area contributed by atoms with E-state index >= 15 is 0 Å². The number of carbonyl (C=O) groups excluding carboxylic acids is 3. The molecule has 0 radical (unpaired) electrons. The first kappa shape index (κ1) is 50.3. The van der Waals surface area contributed by atoms with Crippen LogP contribution in [-0.4, -0.2) is 62.8 Å². The monoisotopic (exact) mass is 770 g/mol. The van der Waals surface area contributed by atoms with Crippen LogP contribution < -0.4 is 0 Å². The van der Waals surface area contributed by atoms with E-state index in [0.29, 0.717) is 12.8 Å². The minimum atomic E-state index is -0.521. The molecule has 0 aliphatic carbocycles. The maximum Gasteiger partial charge on any atom is 0.311 e. The SMILES string of the molecule is CCCCC/C=C\C/C=C\CCCCCCCC(=O)OCC(COC(=O)CCCCCCC/C=C\C/C=C\CCCCC)COC(=O)C1(C)CCN(C)CC1. The first-order valence-electron chi connectivity index (χ1n) is 22.6. The Balaban J connectivity index is 2.31. The maximum atomic E-state index is 13.1. The third kappa shape index (κ3) is 30.2. The molecular weight excluding hydrogens is 687 g/mol. The van der Waals surface area contributed by atoms with Gasteiger partial charge in [0.1, 0.15) is 19.8 Å². The van der Waals surface area contributed by atoms with E-state index in [2.05, 4.69) is 74.4 Å². The molecule has 7 heteroatoms. The number of hydrogen-bond donors (Lipinski definition) is 0. The fourth-order valence-corrected chi connectivity index (χ4v) is 6.56. The van der Waals surface area contributed by atoms with Gasteiger partial charge in [0.2, 0.25) is 0 Å². The second-order valence-electron chi connectivity index (χ2n) is 16.2. The number of unbranched alkanes of at least 4 members (excludes halogenated alkanes) is 16. The lowest BCUT2D eigenvalue weighted by molar-refractivity contribution is -0.162. The number of ether oxygens (including phenoxy) is 3. The van der Waals surface area contributed by atoms with E-state index in [9.17, 15) is 14.4 Å². The fourth-order valence-electron chi connectivity index (χ4n) is 6.56. The zero-order valence-electron chi connectivity index (χ0n) is 36.0. The molecule has 1 fully saturated rings. The largest absolute Gasteiger partial charge is 0.465 e. The summed E-state index contributed by atoms with van der Waals surface area (Å²) in [5.41, 5.74) is -0.521. The Hall–Kier alpha value is -2.67. The van der Waals surface area contributed by atoms with Crippen LogP contribution in [0.25, 0.3) is 0 Å². The molecule has 1 rings (SSSR count). The quantitative estimate of drug-likeness (QED) is 0.0275. The van der Waals surface area contributed by atoms with Gasteiger partial charge in [0.15, 0.2) is 0 Å². The zero-order valence-corrected chi connectivity index (χ0v) is 36.0. The van der Waals surface area contributed by atoms with Crippen molar-refractivity contribution < 1.29 is 28.6 Å². The van der Waals surface area contributed by atoms with Crippen molar-refractivity contribution in [2.24, 2.45) is 11.3 Å². The first-order chi connectivity index (χ1) is 26.8. The molecule has 1 heterocycles. The highest BCUT2D eigenvalue weighted by Crippen LogP contribution is 2.32. The van der Waals surface area contributed by atoms with Gasteiger partial charge in [-0.1, -0.05) is 127 Å². The summed E-state index contributed by atoms with van der Waals surface area (Å²) in [6.07, 6.45) is 45.3. The molecular formula is C48H83NO6. The van der Waals surface area contributed by atoms with E-state index in [0.717, 1.165) is 103 Å². The van der Waals surface area contributed by atoms with Gasteiger partial charge < -0.3 is 19.1 Å². The van der Waals surface area contributed by atoms with Crippen molar-refractivity contribution in [3.8, 4) is 0 Å². The molecule has 1 aliphatic heterocycles. The molecule has 0 unspecified atom stereocenters. The molecule has 0 aromatic carbocycles. The second kappa shape index (κ2) is 35.7. The van der Waals surface area contributed by atoms with Crippen LogP contribution in [0.4, 0.5) is 0 Å².